The SMILES string of the molecule is C=CCN(CCO)CCCN1C(=O)c2ccccc2C1=O. The van der Waals surface area contributed by atoms with E-state index in [-0.39, 0.29) is 18.4 Å². The molecular weight excluding hydrogens is 268 g/mol. The molecule has 0 aromatic heterocycles. The summed E-state index contributed by atoms with van der Waals surface area (Å²) in [5.74, 6) is -0.430. The highest BCUT2D eigenvalue weighted by Crippen LogP contribution is 2.22. The fourth-order valence-corrected chi connectivity index (χ4v) is 2.51. The number of rotatable bonds is 8. The Morgan fingerprint density at radius 3 is 2.29 bits per heavy atom. The summed E-state index contributed by atoms with van der Waals surface area (Å²) in [6.45, 7) is 6.11. The first-order valence-corrected chi connectivity index (χ1v) is 7.08. The zero-order valence-electron chi connectivity index (χ0n) is 12.0. The Hall–Kier alpha value is -1.98. The first-order chi connectivity index (χ1) is 10.2. The van der Waals surface area contributed by atoms with Crippen LogP contribution in [0.4, 0.5) is 0 Å². The van der Waals surface area contributed by atoms with Gasteiger partial charge in [0.1, 0.15) is 0 Å². The highest BCUT2D eigenvalue weighted by molar-refractivity contribution is 6.21. The van der Waals surface area contributed by atoms with Crippen molar-refractivity contribution in [2.45, 2.75) is 6.42 Å². The third kappa shape index (κ3) is 3.37. The number of imide groups is 1. The van der Waals surface area contributed by atoms with Crippen molar-refractivity contribution in [1.29, 1.82) is 0 Å². The Bertz CT molecular complexity index is 507. The number of nitrogens with zero attached hydrogens (tertiary/aromatic N) is 2. The van der Waals surface area contributed by atoms with E-state index in [4.69, 9.17) is 5.11 Å². The molecule has 1 heterocycles. The van der Waals surface area contributed by atoms with E-state index in [0.29, 0.717) is 43.7 Å². The molecule has 1 N–H and O–H groups in total. The Morgan fingerprint density at radius 2 is 1.76 bits per heavy atom. The van der Waals surface area contributed by atoms with Crippen LogP contribution in [0, 0.1) is 0 Å². The van der Waals surface area contributed by atoms with E-state index >= 15 is 0 Å². The summed E-state index contributed by atoms with van der Waals surface area (Å²) >= 11 is 0. The Kier molecular flexibility index (Phi) is 5.25. The fraction of sp³-hybridized carbons (Fsp3) is 0.375. The summed E-state index contributed by atoms with van der Waals surface area (Å²) in [5, 5.41) is 8.98. The standard InChI is InChI=1S/C16H20N2O3/c1-2-8-17(11-12-19)9-5-10-18-15(20)13-6-3-4-7-14(13)16(18)21/h2-4,6-7,19H,1,5,8-12H2. The van der Waals surface area contributed by atoms with Gasteiger partial charge in [0, 0.05) is 26.2 Å². The summed E-state index contributed by atoms with van der Waals surface area (Å²) in [7, 11) is 0. The minimum Gasteiger partial charge on any atom is -0.395 e. The maximum Gasteiger partial charge on any atom is 0.261 e. The second-order valence-corrected chi connectivity index (χ2v) is 4.97. The molecule has 1 aliphatic heterocycles. The molecular formula is C16H20N2O3. The number of fused-ring (bicyclic) bond motifs is 1. The third-order valence-corrected chi connectivity index (χ3v) is 3.54. The molecule has 0 atom stereocenters. The van der Waals surface area contributed by atoms with E-state index in [9.17, 15) is 9.59 Å². The van der Waals surface area contributed by atoms with Crippen LogP contribution < -0.4 is 0 Å². The first kappa shape index (κ1) is 15.4. The number of hydrogen-bond acceptors (Lipinski definition) is 4. The normalized spacial score (nSPS) is 13.9. The molecule has 5 heteroatoms. The van der Waals surface area contributed by atoms with Crippen LogP contribution in [0.1, 0.15) is 27.1 Å². The number of benzene rings is 1. The predicted octanol–water partition coefficient (Wildman–Crippen LogP) is 1.15. The molecule has 112 valence electrons. The van der Waals surface area contributed by atoms with Crippen LogP contribution in [-0.4, -0.2) is 59.5 Å². The lowest BCUT2D eigenvalue weighted by Crippen LogP contribution is -2.34. The van der Waals surface area contributed by atoms with Gasteiger partial charge in [-0.1, -0.05) is 18.2 Å². The summed E-state index contributed by atoms with van der Waals surface area (Å²) in [6, 6.07) is 6.90. The van der Waals surface area contributed by atoms with E-state index in [2.05, 4.69) is 6.58 Å². The van der Waals surface area contributed by atoms with Gasteiger partial charge in [0.05, 0.1) is 17.7 Å². The van der Waals surface area contributed by atoms with Crippen LogP contribution >= 0.6 is 0 Å². The van der Waals surface area contributed by atoms with Crippen LogP contribution in [0.25, 0.3) is 0 Å². The van der Waals surface area contributed by atoms with Gasteiger partial charge in [-0.3, -0.25) is 19.4 Å². The molecule has 0 aliphatic carbocycles. The summed E-state index contributed by atoms with van der Waals surface area (Å²) in [5.41, 5.74) is 0.974. The van der Waals surface area contributed by atoms with Crippen molar-refractivity contribution in [2.75, 3.05) is 32.8 Å². The van der Waals surface area contributed by atoms with Gasteiger partial charge in [0.2, 0.25) is 0 Å². The van der Waals surface area contributed by atoms with Crippen LogP contribution in [0.15, 0.2) is 36.9 Å². The molecule has 0 saturated carbocycles. The Balaban J connectivity index is 1.91. The molecule has 0 unspecified atom stereocenters. The lowest BCUT2D eigenvalue weighted by molar-refractivity contribution is 0.0646. The second kappa shape index (κ2) is 7.15. The van der Waals surface area contributed by atoms with Crippen molar-refractivity contribution in [3.63, 3.8) is 0 Å². The molecule has 0 fully saturated rings. The number of carbonyl (C=O) groups excluding carboxylic acids is 2. The minimum atomic E-state index is -0.215. The van der Waals surface area contributed by atoms with Crippen LogP contribution in [0.3, 0.4) is 0 Å². The molecule has 5 nitrogen and oxygen atoms in total. The van der Waals surface area contributed by atoms with E-state index < -0.39 is 0 Å². The number of aliphatic hydroxyl groups is 1. The van der Waals surface area contributed by atoms with E-state index in [1.165, 1.54) is 4.90 Å². The molecule has 0 radical (unpaired) electrons. The van der Waals surface area contributed by atoms with Crippen molar-refractivity contribution in [3.8, 4) is 0 Å². The molecule has 1 aliphatic rings. The maximum absolute atomic E-state index is 12.2. The van der Waals surface area contributed by atoms with E-state index in [1.807, 2.05) is 4.90 Å². The van der Waals surface area contributed by atoms with E-state index in [1.54, 1.807) is 30.3 Å². The number of carbonyl (C=O) groups is 2. The third-order valence-electron chi connectivity index (χ3n) is 3.54. The molecule has 0 bridgehead atoms. The summed E-state index contributed by atoms with van der Waals surface area (Å²) in [6.07, 6.45) is 2.46. The zero-order chi connectivity index (χ0) is 15.2. The van der Waals surface area contributed by atoms with Crippen molar-refractivity contribution >= 4 is 11.8 Å². The van der Waals surface area contributed by atoms with Gasteiger partial charge >= 0.3 is 0 Å². The van der Waals surface area contributed by atoms with Gasteiger partial charge in [-0.2, -0.15) is 0 Å². The second-order valence-electron chi connectivity index (χ2n) is 4.97. The Morgan fingerprint density at radius 1 is 1.14 bits per heavy atom. The lowest BCUT2D eigenvalue weighted by Gasteiger charge is -2.21. The van der Waals surface area contributed by atoms with Crippen molar-refractivity contribution < 1.29 is 14.7 Å². The topological polar surface area (TPSA) is 60.9 Å². The molecule has 1 aromatic rings. The van der Waals surface area contributed by atoms with Crippen LogP contribution in [0.5, 0.6) is 0 Å². The highest BCUT2D eigenvalue weighted by Gasteiger charge is 2.34. The molecule has 2 rings (SSSR count). The molecule has 0 saturated heterocycles. The van der Waals surface area contributed by atoms with Crippen molar-refractivity contribution in [1.82, 2.24) is 9.80 Å². The molecule has 1 aromatic carbocycles. The van der Waals surface area contributed by atoms with Gasteiger partial charge < -0.3 is 5.11 Å². The fourth-order valence-electron chi connectivity index (χ4n) is 2.51. The van der Waals surface area contributed by atoms with E-state index in [0.717, 1.165) is 0 Å². The number of hydrogen-bond donors (Lipinski definition) is 1. The zero-order valence-corrected chi connectivity index (χ0v) is 12.0. The lowest BCUT2D eigenvalue weighted by atomic mass is 10.1. The van der Waals surface area contributed by atoms with Gasteiger partial charge in [-0.25, -0.2) is 0 Å². The smallest absolute Gasteiger partial charge is 0.261 e. The minimum absolute atomic E-state index is 0.0842. The van der Waals surface area contributed by atoms with Gasteiger partial charge in [0.25, 0.3) is 11.8 Å². The van der Waals surface area contributed by atoms with Crippen molar-refractivity contribution in [2.24, 2.45) is 0 Å². The van der Waals surface area contributed by atoms with Crippen LogP contribution in [-0.2, 0) is 0 Å². The van der Waals surface area contributed by atoms with Gasteiger partial charge in [-0.05, 0) is 18.6 Å². The average molecular weight is 288 g/mol. The largest absolute Gasteiger partial charge is 0.395 e. The summed E-state index contributed by atoms with van der Waals surface area (Å²) in [4.78, 5) is 27.7. The first-order valence-electron chi connectivity index (χ1n) is 7.08. The Labute approximate surface area is 124 Å². The quantitative estimate of drug-likeness (QED) is 0.576. The molecule has 2 amide bonds. The monoisotopic (exact) mass is 288 g/mol. The number of amides is 2. The average Bonchev–Trinajstić information content (AvgIpc) is 2.73. The summed E-state index contributed by atoms with van der Waals surface area (Å²) < 4.78 is 0. The van der Waals surface area contributed by atoms with Crippen molar-refractivity contribution in [3.05, 3.63) is 48.0 Å². The molecule has 21 heavy (non-hydrogen) atoms. The predicted molar refractivity (Wildman–Crippen MR) is 80.1 cm³/mol. The molecule has 0 spiro atoms. The number of aliphatic hydroxyl groups excluding tert-OH is 1. The van der Waals surface area contributed by atoms with Gasteiger partial charge in [0.15, 0.2) is 0 Å². The highest BCUT2D eigenvalue weighted by atomic mass is 16.3. The van der Waals surface area contributed by atoms with Crippen LogP contribution in [0.2, 0.25) is 0 Å². The van der Waals surface area contributed by atoms with Gasteiger partial charge in [-0.15, -0.1) is 6.58 Å². The maximum atomic E-state index is 12.2.